The summed E-state index contributed by atoms with van der Waals surface area (Å²) in [5.74, 6) is -0.240. The number of aliphatic hydroxyl groups is 1. The molecule has 1 rings (SSSR count). The average molecular weight is 253 g/mol. The minimum Gasteiger partial charge on any atom is -0.396 e. The van der Waals surface area contributed by atoms with E-state index in [1.807, 2.05) is 13.8 Å². The van der Waals surface area contributed by atoms with Gasteiger partial charge in [0.1, 0.15) is 6.54 Å². The molecule has 0 aliphatic heterocycles. The molecule has 0 saturated carbocycles. The SMILES string of the molecule is CC(C)(CCO)CNC(=O)Cn1cccnc1=O. The Morgan fingerprint density at radius 2 is 2.28 bits per heavy atom. The molecule has 0 fully saturated rings. The van der Waals surface area contributed by atoms with Gasteiger partial charge in [0, 0.05) is 25.5 Å². The maximum Gasteiger partial charge on any atom is 0.347 e. The smallest absolute Gasteiger partial charge is 0.347 e. The van der Waals surface area contributed by atoms with Gasteiger partial charge in [-0.05, 0) is 17.9 Å². The van der Waals surface area contributed by atoms with E-state index >= 15 is 0 Å². The van der Waals surface area contributed by atoms with Gasteiger partial charge in [-0.2, -0.15) is 0 Å². The Hall–Kier alpha value is -1.69. The van der Waals surface area contributed by atoms with E-state index in [9.17, 15) is 9.59 Å². The molecule has 0 unspecified atom stereocenters. The zero-order valence-electron chi connectivity index (χ0n) is 10.7. The highest BCUT2D eigenvalue weighted by Gasteiger charge is 2.18. The van der Waals surface area contributed by atoms with Crippen LogP contribution >= 0.6 is 0 Å². The maximum atomic E-state index is 11.7. The molecular formula is C12H19N3O3. The lowest BCUT2D eigenvalue weighted by atomic mass is 9.90. The fourth-order valence-electron chi connectivity index (χ4n) is 1.45. The number of carbonyl (C=O) groups excluding carboxylic acids is 1. The monoisotopic (exact) mass is 253 g/mol. The highest BCUT2D eigenvalue weighted by Crippen LogP contribution is 2.17. The molecule has 1 heterocycles. The topological polar surface area (TPSA) is 84.2 Å². The summed E-state index contributed by atoms with van der Waals surface area (Å²) in [5.41, 5.74) is -0.605. The Bertz CT molecular complexity index is 454. The second-order valence-corrected chi connectivity index (χ2v) is 4.94. The third-order valence-corrected chi connectivity index (χ3v) is 2.65. The second kappa shape index (κ2) is 6.30. The second-order valence-electron chi connectivity index (χ2n) is 4.94. The summed E-state index contributed by atoms with van der Waals surface area (Å²) >= 11 is 0. The van der Waals surface area contributed by atoms with Crippen LogP contribution in [-0.2, 0) is 11.3 Å². The number of rotatable bonds is 6. The fraction of sp³-hybridized carbons (Fsp3) is 0.583. The predicted molar refractivity (Wildman–Crippen MR) is 67.0 cm³/mol. The van der Waals surface area contributed by atoms with E-state index in [-0.39, 0.29) is 24.5 Å². The van der Waals surface area contributed by atoms with E-state index in [4.69, 9.17) is 5.11 Å². The number of nitrogens with one attached hydrogen (secondary N) is 1. The van der Waals surface area contributed by atoms with Crippen molar-refractivity contribution in [1.82, 2.24) is 14.9 Å². The first-order chi connectivity index (χ1) is 8.44. The van der Waals surface area contributed by atoms with Gasteiger partial charge in [0.05, 0.1) is 0 Å². The molecule has 100 valence electrons. The van der Waals surface area contributed by atoms with Crippen LogP contribution in [0, 0.1) is 5.41 Å². The molecule has 2 N–H and O–H groups in total. The average Bonchev–Trinajstić information content (AvgIpc) is 2.30. The van der Waals surface area contributed by atoms with Crippen LogP contribution in [0.2, 0.25) is 0 Å². The number of aromatic nitrogens is 2. The van der Waals surface area contributed by atoms with E-state index in [2.05, 4.69) is 10.3 Å². The molecule has 18 heavy (non-hydrogen) atoms. The summed E-state index contributed by atoms with van der Waals surface area (Å²) in [4.78, 5) is 26.5. The first-order valence-electron chi connectivity index (χ1n) is 5.84. The summed E-state index contributed by atoms with van der Waals surface area (Å²) in [6.07, 6.45) is 3.52. The van der Waals surface area contributed by atoms with Crippen LogP contribution in [0.1, 0.15) is 20.3 Å². The quantitative estimate of drug-likeness (QED) is 0.733. The van der Waals surface area contributed by atoms with Gasteiger partial charge in [-0.15, -0.1) is 0 Å². The van der Waals surface area contributed by atoms with Gasteiger partial charge < -0.3 is 10.4 Å². The first-order valence-corrected chi connectivity index (χ1v) is 5.84. The highest BCUT2D eigenvalue weighted by atomic mass is 16.3. The van der Waals surface area contributed by atoms with Gasteiger partial charge in [0.25, 0.3) is 0 Å². The number of aliphatic hydroxyl groups excluding tert-OH is 1. The lowest BCUT2D eigenvalue weighted by Gasteiger charge is -2.23. The van der Waals surface area contributed by atoms with Crippen molar-refractivity contribution in [1.29, 1.82) is 0 Å². The van der Waals surface area contributed by atoms with Crippen LogP contribution in [0.5, 0.6) is 0 Å². The molecule has 0 aromatic carbocycles. The summed E-state index contributed by atoms with van der Waals surface area (Å²) < 4.78 is 1.24. The van der Waals surface area contributed by atoms with Crippen LogP contribution in [0.25, 0.3) is 0 Å². The third-order valence-electron chi connectivity index (χ3n) is 2.65. The number of amides is 1. The van der Waals surface area contributed by atoms with Gasteiger partial charge in [0.15, 0.2) is 0 Å². The third kappa shape index (κ3) is 4.67. The Morgan fingerprint density at radius 3 is 2.89 bits per heavy atom. The van der Waals surface area contributed by atoms with Crippen molar-refractivity contribution in [2.24, 2.45) is 5.41 Å². The zero-order chi connectivity index (χ0) is 13.6. The maximum absolute atomic E-state index is 11.7. The van der Waals surface area contributed by atoms with Crippen molar-refractivity contribution >= 4 is 5.91 Å². The molecule has 0 spiro atoms. The number of hydrogen-bond donors (Lipinski definition) is 2. The molecule has 1 aromatic rings. The van der Waals surface area contributed by atoms with E-state index in [1.54, 1.807) is 6.07 Å². The van der Waals surface area contributed by atoms with Crippen molar-refractivity contribution in [2.75, 3.05) is 13.2 Å². The van der Waals surface area contributed by atoms with Crippen molar-refractivity contribution in [3.05, 3.63) is 28.9 Å². The molecule has 0 bridgehead atoms. The first kappa shape index (κ1) is 14.4. The molecular weight excluding hydrogens is 234 g/mol. The van der Waals surface area contributed by atoms with E-state index in [0.29, 0.717) is 13.0 Å². The Balaban J connectivity index is 2.48. The number of carbonyl (C=O) groups is 1. The standard InChI is InChI=1S/C12H19N3O3/c1-12(2,4-7-16)9-14-10(17)8-15-6-3-5-13-11(15)18/h3,5-6,16H,4,7-9H2,1-2H3,(H,14,17). The molecule has 1 aromatic heterocycles. The molecule has 0 aliphatic rings. The van der Waals surface area contributed by atoms with Crippen LogP contribution in [0.15, 0.2) is 23.3 Å². The zero-order valence-corrected chi connectivity index (χ0v) is 10.7. The lowest BCUT2D eigenvalue weighted by Crippen LogP contribution is -2.38. The van der Waals surface area contributed by atoms with Crippen LogP contribution in [0.3, 0.4) is 0 Å². The number of hydrogen-bond acceptors (Lipinski definition) is 4. The molecule has 1 amide bonds. The van der Waals surface area contributed by atoms with Crippen LogP contribution in [0.4, 0.5) is 0 Å². The molecule has 0 radical (unpaired) electrons. The van der Waals surface area contributed by atoms with Gasteiger partial charge >= 0.3 is 5.69 Å². The van der Waals surface area contributed by atoms with Crippen molar-refractivity contribution in [3.63, 3.8) is 0 Å². The van der Waals surface area contributed by atoms with Gasteiger partial charge in [-0.3, -0.25) is 9.36 Å². The van der Waals surface area contributed by atoms with Gasteiger partial charge in [-0.1, -0.05) is 13.8 Å². The number of nitrogens with zero attached hydrogens (tertiary/aromatic N) is 2. The Kier molecular flexibility index (Phi) is 5.03. The molecule has 6 nitrogen and oxygen atoms in total. The Labute approximate surface area is 106 Å². The fourth-order valence-corrected chi connectivity index (χ4v) is 1.45. The van der Waals surface area contributed by atoms with Crippen LogP contribution in [-0.4, -0.2) is 33.7 Å². The van der Waals surface area contributed by atoms with E-state index in [0.717, 1.165) is 0 Å². The van der Waals surface area contributed by atoms with Gasteiger partial charge in [0.2, 0.25) is 5.91 Å². The van der Waals surface area contributed by atoms with Crippen LogP contribution < -0.4 is 11.0 Å². The predicted octanol–water partition coefficient (Wildman–Crippen LogP) is -0.232. The van der Waals surface area contributed by atoms with Crippen molar-refractivity contribution in [2.45, 2.75) is 26.8 Å². The molecule has 6 heteroatoms. The van der Waals surface area contributed by atoms with Gasteiger partial charge in [-0.25, -0.2) is 9.78 Å². The minimum absolute atomic E-state index is 0.0398. The summed E-state index contributed by atoms with van der Waals surface area (Å²) in [7, 11) is 0. The summed E-state index contributed by atoms with van der Waals surface area (Å²) in [6.45, 7) is 4.42. The largest absolute Gasteiger partial charge is 0.396 e. The summed E-state index contributed by atoms with van der Waals surface area (Å²) in [6, 6.07) is 1.60. The summed E-state index contributed by atoms with van der Waals surface area (Å²) in [5, 5.41) is 11.6. The minimum atomic E-state index is -0.442. The Morgan fingerprint density at radius 1 is 1.56 bits per heavy atom. The highest BCUT2D eigenvalue weighted by molar-refractivity contribution is 5.75. The van der Waals surface area contributed by atoms with E-state index in [1.165, 1.54) is 17.0 Å². The normalized spacial score (nSPS) is 11.3. The van der Waals surface area contributed by atoms with E-state index < -0.39 is 5.69 Å². The van der Waals surface area contributed by atoms with Crippen molar-refractivity contribution < 1.29 is 9.90 Å². The van der Waals surface area contributed by atoms with Crippen molar-refractivity contribution in [3.8, 4) is 0 Å². The molecule has 0 atom stereocenters. The lowest BCUT2D eigenvalue weighted by molar-refractivity contribution is -0.122. The molecule has 0 aliphatic carbocycles. The molecule has 0 saturated heterocycles.